The molecule has 1 atom stereocenters. The summed E-state index contributed by atoms with van der Waals surface area (Å²) >= 11 is 0. The van der Waals surface area contributed by atoms with Gasteiger partial charge in [-0.1, -0.05) is 74.2 Å². The number of rotatable bonds is 9. The molecule has 26 heavy (non-hydrogen) atoms. The quantitative estimate of drug-likeness (QED) is 0.603. The van der Waals surface area contributed by atoms with E-state index in [1.807, 2.05) is 37.3 Å². The number of benzene rings is 2. The van der Waals surface area contributed by atoms with E-state index in [0.29, 0.717) is 17.6 Å². The molecule has 0 aliphatic carbocycles. The molecule has 2 aromatic carbocycles. The minimum Gasteiger partial charge on any atom is -0.384 e. The Balaban J connectivity index is 2.31. The molecule has 0 radical (unpaired) electrons. The van der Waals surface area contributed by atoms with E-state index >= 15 is 0 Å². The lowest BCUT2D eigenvalue weighted by Crippen LogP contribution is -2.06. The van der Waals surface area contributed by atoms with Crippen LogP contribution in [0.5, 0.6) is 0 Å². The van der Waals surface area contributed by atoms with Crippen LogP contribution >= 0.6 is 0 Å². The van der Waals surface area contributed by atoms with Gasteiger partial charge in [0.2, 0.25) is 0 Å². The molecule has 2 aromatic rings. The predicted molar refractivity (Wildman–Crippen MR) is 107 cm³/mol. The number of hydrogen-bond acceptors (Lipinski definition) is 3. The molecule has 2 rings (SSSR count). The van der Waals surface area contributed by atoms with Crippen molar-refractivity contribution in [3.63, 3.8) is 0 Å². The highest BCUT2D eigenvalue weighted by atomic mass is 32.2. The van der Waals surface area contributed by atoms with E-state index in [9.17, 15) is 13.5 Å². The van der Waals surface area contributed by atoms with Crippen LogP contribution in [0, 0.1) is 6.92 Å². The van der Waals surface area contributed by atoms with Crippen LogP contribution in [0.25, 0.3) is 0 Å². The van der Waals surface area contributed by atoms with Gasteiger partial charge in [0.15, 0.2) is 9.84 Å². The third kappa shape index (κ3) is 5.82. The van der Waals surface area contributed by atoms with E-state index in [-0.39, 0.29) is 4.90 Å². The second-order valence-electron chi connectivity index (χ2n) is 6.67. The highest BCUT2D eigenvalue weighted by molar-refractivity contribution is 7.94. The van der Waals surface area contributed by atoms with E-state index < -0.39 is 15.9 Å². The second kappa shape index (κ2) is 9.70. The lowest BCUT2D eigenvalue weighted by molar-refractivity contribution is 0.210. The fourth-order valence-electron chi connectivity index (χ4n) is 2.86. The number of aliphatic hydroxyl groups excluding tert-OH is 1. The Bertz CT molecular complexity index is 806. The van der Waals surface area contributed by atoms with Gasteiger partial charge in [-0.25, -0.2) is 8.42 Å². The Morgan fingerprint density at radius 2 is 1.65 bits per heavy atom. The average molecular weight is 373 g/mol. The van der Waals surface area contributed by atoms with Gasteiger partial charge >= 0.3 is 0 Å². The molecule has 0 heterocycles. The maximum absolute atomic E-state index is 12.8. The Labute approximate surface area is 157 Å². The molecule has 0 fully saturated rings. The molecule has 0 spiro atoms. The largest absolute Gasteiger partial charge is 0.384 e. The molecule has 4 heteroatoms. The van der Waals surface area contributed by atoms with Crippen LogP contribution < -0.4 is 0 Å². The van der Waals surface area contributed by atoms with Crippen LogP contribution in [0.2, 0.25) is 0 Å². The van der Waals surface area contributed by atoms with Crippen molar-refractivity contribution in [1.82, 2.24) is 0 Å². The monoisotopic (exact) mass is 372 g/mol. The van der Waals surface area contributed by atoms with Crippen LogP contribution in [0.1, 0.15) is 56.3 Å². The topological polar surface area (TPSA) is 54.4 Å². The van der Waals surface area contributed by atoms with E-state index in [2.05, 4.69) is 6.92 Å². The first-order valence-electron chi connectivity index (χ1n) is 9.19. The number of hydrogen-bond donors (Lipinski definition) is 1. The maximum atomic E-state index is 12.8. The van der Waals surface area contributed by atoms with Crippen molar-refractivity contribution in [2.75, 3.05) is 0 Å². The standard InChI is InChI=1S/C22H28O3S/c1-3-4-5-7-12-20(22(23)19-10-8-6-9-11-19)17-26(24,25)21-15-13-18(2)14-16-21/h6,8-11,13-17,22-23H,3-5,7,12H2,1-2H3/b20-17+. The summed E-state index contributed by atoms with van der Waals surface area (Å²) in [6, 6.07) is 16.0. The van der Waals surface area contributed by atoms with Crippen molar-refractivity contribution >= 4 is 9.84 Å². The van der Waals surface area contributed by atoms with Gasteiger partial charge < -0.3 is 5.11 Å². The molecule has 0 aliphatic heterocycles. The third-order valence-electron chi connectivity index (χ3n) is 4.44. The van der Waals surface area contributed by atoms with Gasteiger partial charge in [0.1, 0.15) is 6.10 Å². The summed E-state index contributed by atoms with van der Waals surface area (Å²) in [4.78, 5) is 0.259. The molecule has 3 nitrogen and oxygen atoms in total. The number of unbranched alkanes of at least 4 members (excludes halogenated alkanes) is 3. The maximum Gasteiger partial charge on any atom is 0.199 e. The van der Waals surface area contributed by atoms with Gasteiger partial charge in [-0.2, -0.15) is 0 Å². The lowest BCUT2D eigenvalue weighted by atomic mass is 9.98. The zero-order chi connectivity index (χ0) is 19.0. The normalized spacial score (nSPS) is 13.6. The van der Waals surface area contributed by atoms with Crippen LogP contribution in [-0.2, 0) is 9.84 Å². The summed E-state index contributed by atoms with van der Waals surface area (Å²) in [6.07, 6.45) is 3.79. The molecule has 0 aliphatic rings. The summed E-state index contributed by atoms with van der Waals surface area (Å²) < 4.78 is 25.6. The van der Waals surface area contributed by atoms with Gasteiger partial charge in [0, 0.05) is 5.41 Å². The van der Waals surface area contributed by atoms with E-state index in [0.717, 1.165) is 31.2 Å². The summed E-state index contributed by atoms with van der Waals surface area (Å²) in [5, 5.41) is 12.0. The fraction of sp³-hybridized carbons (Fsp3) is 0.364. The minimum absolute atomic E-state index is 0.259. The molecule has 0 saturated carbocycles. The summed E-state index contributed by atoms with van der Waals surface area (Å²) in [6.45, 7) is 4.06. The van der Waals surface area contributed by atoms with Crippen molar-refractivity contribution in [2.24, 2.45) is 0 Å². The van der Waals surface area contributed by atoms with Crippen molar-refractivity contribution in [2.45, 2.75) is 57.0 Å². The summed E-state index contributed by atoms with van der Waals surface area (Å²) in [5.41, 5.74) is 2.28. The third-order valence-corrected chi connectivity index (χ3v) is 5.98. The second-order valence-corrected chi connectivity index (χ2v) is 8.47. The Kier molecular flexibility index (Phi) is 7.61. The van der Waals surface area contributed by atoms with Gasteiger partial charge in [-0.15, -0.1) is 0 Å². The van der Waals surface area contributed by atoms with Gasteiger partial charge in [-0.3, -0.25) is 0 Å². The molecule has 140 valence electrons. The van der Waals surface area contributed by atoms with Crippen LogP contribution in [0.15, 0.2) is 70.5 Å². The smallest absolute Gasteiger partial charge is 0.199 e. The van der Waals surface area contributed by atoms with Gasteiger partial charge in [0.25, 0.3) is 0 Å². The fourth-order valence-corrected chi connectivity index (χ4v) is 4.16. The zero-order valence-electron chi connectivity index (χ0n) is 15.6. The molecule has 0 bridgehead atoms. The van der Waals surface area contributed by atoms with Crippen LogP contribution in [0.3, 0.4) is 0 Å². The van der Waals surface area contributed by atoms with E-state index in [1.54, 1.807) is 24.3 Å². The average Bonchev–Trinajstić information content (AvgIpc) is 2.64. The predicted octanol–water partition coefficient (Wildman–Crippen LogP) is 5.36. The van der Waals surface area contributed by atoms with Gasteiger partial charge in [-0.05, 0) is 43.0 Å². The SMILES string of the molecule is CCCCCC/C(=C\S(=O)(=O)c1ccc(C)cc1)C(O)c1ccccc1. The van der Waals surface area contributed by atoms with Crippen molar-refractivity contribution in [3.8, 4) is 0 Å². The zero-order valence-corrected chi connectivity index (χ0v) is 16.4. The van der Waals surface area contributed by atoms with Crippen molar-refractivity contribution in [3.05, 3.63) is 76.7 Å². The molecule has 1 N–H and O–H groups in total. The van der Waals surface area contributed by atoms with E-state index in [1.165, 1.54) is 5.41 Å². The lowest BCUT2D eigenvalue weighted by Gasteiger charge is -2.16. The van der Waals surface area contributed by atoms with Crippen molar-refractivity contribution in [1.29, 1.82) is 0 Å². The number of sulfone groups is 1. The Morgan fingerprint density at radius 1 is 1.00 bits per heavy atom. The van der Waals surface area contributed by atoms with Crippen LogP contribution in [-0.4, -0.2) is 13.5 Å². The van der Waals surface area contributed by atoms with E-state index in [4.69, 9.17) is 0 Å². The molecule has 1 unspecified atom stereocenters. The highest BCUT2D eigenvalue weighted by Gasteiger charge is 2.19. The summed E-state index contributed by atoms with van der Waals surface area (Å²) in [7, 11) is -3.59. The first kappa shape index (κ1) is 20.4. The Morgan fingerprint density at radius 3 is 2.27 bits per heavy atom. The minimum atomic E-state index is -3.59. The van der Waals surface area contributed by atoms with Crippen molar-refractivity contribution < 1.29 is 13.5 Å². The first-order chi connectivity index (χ1) is 12.4. The highest BCUT2D eigenvalue weighted by Crippen LogP contribution is 2.28. The Hall–Kier alpha value is -1.91. The molecular weight excluding hydrogens is 344 g/mol. The molecule has 0 aromatic heterocycles. The van der Waals surface area contributed by atoms with Crippen LogP contribution in [0.4, 0.5) is 0 Å². The first-order valence-corrected chi connectivity index (χ1v) is 10.7. The summed E-state index contributed by atoms with van der Waals surface area (Å²) in [5.74, 6) is 0. The molecule has 0 amide bonds. The van der Waals surface area contributed by atoms with Gasteiger partial charge in [0.05, 0.1) is 4.90 Å². The molecular formula is C22H28O3S. The number of aliphatic hydroxyl groups is 1. The number of aryl methyl sites for hydroxylation is 1. The molecule has 0 saturated heterocycles.